The lowest BCUT2D eigenvalue weighted by atomic mass is 9.96. The largest absolute Gasteiger partial charge is 0.378 e. The van der Waals surface area contributed by atoms with Gasteiger partial charge in [0, 0.05) is 31.8 Å². The summed E-state index contributed by atoms with van der Waals surface area (Å²) in [6.45, 7) is 2.62. The molecular formula is C21H24ClN3O3S. The minimum absolute atomic E-state index is 0.152. The summed E-state index contributed by atoms with van der Waals surface area (Å²) in [6.07, 6.45) is 2.40. The second kappa shape index (κ2) is 8.44. The van der Waals surface area contributed by atoms with Crippen molar-refractivity contribution >= 4 is 40.4 Å². The van der Waals surface area contributed by atoms with Gasteiger partial charge in [0.25, 0.3) is 11.8 Å². The van der Waals surface area contributed by atoms with Crippen LogP contribution in [0.1, 0.15) is 27.2 Å². The molecular weight excluding hydrogens is 410 g/mol. The van der Waals surface area contributed by atoms with Gasteiger partial charge in [-0.3, -0.25) is 9.59 Å². The van der Waals surface area contributed by atoms with Crippen molar-refractivity contribution in [2.75, 3.05) is 38.7 Å². The third-order valence-electron chi connectivity index (χ3n) is 5.60. The second-order valence-corrected chi connectivity index (χ2v) is 9.40. The van der Waals surface area contributed by atoms with Crippen LogP contribution in [0.25, 0.3) is 0 Å². The van der Waals surface area contributed by atoms with E-state index in [4.69, 9.17) is 16.3 Å². The van der Waals surface area contributed by atoms with Crippen LogP contribution in [0.4, 0.5) is 5.69 Å². The van der Waals surface area contributed by atoms with E-state index in [9.17, 15) is 9.59 Å². The fraction of sp³-hybridized carbons (Fsp3) is 0.429. The maximum atomic E-state index is 13.2. The summed E-state index contributed by atoms with van der Waals surface area (Å²) < 4.78 is 6.01. The lowest BCUT2D eigenvalue weighted by Crippen LogP contribution is -2.57. The second-order valence-electron chi connectivity index (χ2n) is 7.68. The number of nitrogens with one attached hydrogen (secondary N) is 2. The molecule has 1 aromatic heterocycles. The SMILES string of the molecule is CN1CCc2ccc(NC(=O)[C@@]3(NC(=O)c4ccc(Cl)s4)CCOC3)cc2CC1. The first-order valence-corrected chi connectivity index (χ1v) is 10.9. The molecule has 1 aromatic carbocycles. The van der Waals surface area contributed by atoms with E-state index < -0.39 is 5.54 Å². The number of rotatable bonds is 4. The Kier molecular flexibility index (Phi) is 5.92. The maximum absolute atomic E-state index is 13.2. The van der Waals surface area contributed by atoms with Crippen molar-refractivity contribution in [3.05, 3.63) is 50.7 Å². The molecule has 0 saturated carbocycles. The molecule has 1 atom stereocenters. The standard InChI is InChI=1S/C21H24ClN3O3S/c1-25-9-6-14-2-3-16(12-15(14)7-10-25)23-20(27)21(8-11-28-13-21)24-19(26)17-4-5-18(22)29-17/h2-5,12H,6-11,13H2,1H3,(H,23,27)(H,24,26)/t21-/m1/s1. The molecule has 0 bridgehead atoms. The molecule has 0 spiro atoms. The van der Waals surface area contributed by atoms with E-state index in [1.54, 1.807) is 12.1 Å². The van der Waals surface area contributed by atoms with Gasteiger partial charge in [-0.25, -0.2) is 0 Å². The van der Waals surface area contributed by atoms with Crippen LogP contribution >= 0.6 is 22.9 Å². The van der Waals surface area contributed by atoms with Crippen molar-refractivity contribution in [3.63, 3.8) is 0 Å². The number of fused-ring (bicyclic) bond motifs is 1. The molecule has 0 aliphatic carbocycles. The van der Waals surface area contributed by atoms with Crippen molar-refractivity contribution < 1.29 is 14.3 Å². The number of hydrogen-bond donors (Lipinski definition) is 2. The van der Waals surface area contributed by atoms with E-state index in [0.717, 1.165) is 31.6 Å². The quantitative estimate of drug-likeness (QED) is 0.777. The molecule has 1 fully saturated rings. The van der Waals surface area contributed by atoms with Gasteiger partial charge in [-0.2, -0.15) is 0 Å². The number of ether oxygens (including phenoxy) is 1. The summed E-state index contributed by atoms with van der Waals surface area (Å²) in [5.41, 5.74) is 2.26. The molecule has 3 heterocycles. The number of anilines is 1. The van der Waals surface area contributed by atoms with E-state index in [0.29, 0.717) is 22.2 Å². The van der Waals surface area contributed by atoms with Gasteiger partial charge in [0.05, 0.1) is 15.8 Å². The number of amides is 2. The van der Waals surface area contributed by atoms with Gasteiger partial charge in [-0.1, -0.05) is 17.7 Å². The number of carbonyl (C=O) groups excluding carboxylic acids is 2. The molecule has 1 saturated heterocycles. The molecule has 6 nitrogen and oxygen atoms in total. The van der Waals surface area contributed by atoms with Gasteiger partial charge in [0.1, 0.15) is 5.54 Å². The lowest BCUT2D eigenvalue weighted by Gasteiger charge is -2.27. The number of carbonyl (C=O) groups is 2. The van der Waals surface area contributed by atoms with Crippen LogP contribution in [-0.4, -0.2) is 55.6 Å². The van der Waals surface area contributed by atoms with Crippen LogP contribution in [-0.2, 0) is 22.4 Å². The van der Waals surface area contributed by atoms with Gasteiger partial charge >= 0.3 is 0 Å². The first kappa shape index (κ1) is 20.3. The minimum Gasteiger partial charge on any atom is -0.378 e. The molecule has 154 valence electrons. The Hall–Kier alpha value is -1.93. The first-order valence-electron chi connectivity index (χ1n) is 9.73. The summed E-state index contributed by atoms with van der Waals surface area (Å²) in [5.74, 6) is -0.566. The summed E-state index contributed by atoms with van der Waals surface area (Å²) >= 11 is 7.12. The number of hydrogen-bond acceptors (Lipinski definition) is 5. The van der Waals surface area contributed by atoms with Gasteiger partial charge in [0.2, 0.25) is 0 Å². The Morgan fingerprint density at radius 2 is 1.97 bits per heavy atom. The van der Waals surface area contributed by atoms with E-state index in [2.05, 4.69) is 34.7 Å². The Bertz CT molecular complexity index is 924. The Morgan fingerprint density at radius 1 is 1.17 bits per heavy atom. The fourth-order valence-electron chi connectivity index (χ4n) is 3.78. The average Bonchev–Trinajstić information content (AvgIpc) is 3.31. The van der Waals surface area contributed by atoms with Crippen molar-refractivity contribution in [3.8, 4) is 0 Å². The third kappa shape index (κ3) is 4.48. The number of halogens is 1. The number of thiophene rings is 1. The molecule has 0 radical (unpaired) electrons. The molecule has 2 aliphatic rings. The summed E-state index contributed by atoms with van der Waals surface area (Å²) in [5, 5.41) is 5.89. The molecule has 8 heteroatoms. The van der Waals surface area contributed by atoms with Gasteiger partial charge < -0.3 is 20.3 Å². The number of nitrogens with zero attached hydrogens (tertiary/aromatic N) is 1. The molecule has 2 amide bonds. The van der Waals surface area contributed by atoms with Gasteiger partial charge in [-0.05, 0) is 55.3 Å². The highest BCUT2D eigenvalue weighted by Crippen LogP contribution is 2.26. The molecule has 2 aromatic rings. The van der Waals surface area contributed by atoms with Crippen molar-refractivity contribution in [1.82, 2.24) is 10.2 Å². The monoisotopic (exact) mass is 433 g/mol. The predicted molar refractivity (Wildman–Crippen MR) is 115 cm³/mol. The normalized spacial score (nSPS) is 22.0. The molecule has 2 aliphatic heterocycles. The number of likely N-dealkylation sites (N-methyl/N-ethyl adjacent to an activating group) is 1. The van der Waals surface area contributed by atoms with Crippen LogP contribution in [0, 0.1) is 0 Å². The fourth-order valence-corrected chi connectivity index (χ4v) is 4.72. The summed E-state index contributed by atoms with van der Waals surface area (Å²) in [7, 11) is 2.13. The van der Waals surface area contributed by atoms with E-state index in [1.165, 1.54) is 22.5 Å². The highest BCUT2D eigenvalue weighted by atomic mass is 35.5. The first-order chi connectivity index (χ1) is 13.9. The van der Waals surface area contributed by atoms with Crippen molar-refractivity contribution in [2.45, 2.75) is 24.8 Å². The summed E-state index contributed by atoms with van der Waals surface area (Å²) in [4.78, 5) is 28.6. The lowest BCUT2D eigenvalue weighted by molar-refractivity contribution is -0.122. The topological polar surface area (TPSA) is 70.7 Å². The Morgan fingerprint density at radius 3 is 2.66 bits per heavy atom. The zero-order valence-corrected chi connectivity index (χ0v) is 17.9. The zero-order chi connectivity index (χ0) is 20.4. The van der Waals surface area contributed by atoms with E-state index >= 15 is 0 Å². The maximum Gasteiger partial charge on any atom is 0.262 e. The summed E-state index contributed by atoms with van der Waals surface area (Å²) in [6, 6.07) is 9.41. The third-order valence-corrected chi connectivity index (χ3v) is 6.83. The Labute approximate surface area is 179 Å². The molecule has 4 rings (SSSR count). The highest BCUT2D eigenvalue weighted by molar-refractivity contribution is 7.18. The van der Waals surface area contributed by atoms with Gasteiger partial charge in [0.15, 0.2) is 0 Å². The van der Waals surface area contributed by atoms with Crippen LogP contribution in [0.15, 0.2) is 30.3 Å². The van der Waals surface area contributed by atoms with E-state index in [-0.39, 0.29) is 18.4 Å². The minimum atomic E-state index is -1.08. The van der Waals surface area contributed by atoms with Crippen LogP contribution in [0.3, 0.4) is 0 Å². The average molecular weight is 434 g/mol. The van der Waals surface area contributed by atoms with Crippen molar-refractivity contribution in [2.24, 2.45) is 0 Å². The molecule has 0 unspecified atom stereocenters. The Balaban J connectivity index is 1.50. The zero-order valence-electron chi connectivity index (χ0n) is 16.3. The van der Waals surface area contributed by atoms with Crippen LogP contribution in [0.2, 0.25) is 4.34 Å². The molecule has 29 heavy (non-hydrogen) atoms. The van der Waals surface area contributed by atoms with Crippen LogP contribution < -0.4 is 10.6 Å². The van der Waals surface area contributed by atoms with E-state index in [1.807, 2.05) is 6.07 Å². The number of benzene rings is 1. The smallest absolute Gasteiger partial charge is 0.262 e. The molecule has 2 N–H and O–H groups in total. The predicted octanol–water partition coefficient (Wildman–Crippen LogP) is 2.96. The highest BCUT2D eigenvalue weighted by Gasteiger charge is 2.44. The van der Waals surface area contributed by atoms with Gasteiger partial charge in [-0.15, -0.1) is 11.3 Å². The van der Waals surface area contributed by atoms with Crippen molar-refractivity contribution in [1.29, 1.82) is 0 Å². The van der Waals surface area contributed by atoms with Crippen LogP contribution in [0.5, 0.6) is 0 Å².